The van der Waals surface area contributed by atoms with Crippen molar-refractivity contribution in [3.8, 4) is 5.75 Å². The van der Waals surface area contributed by atoms with Crippen LogP contribution in [0.5, 0.6) is 5.75 Å². The second kappa shape index (κ2) is 6.84. The molecule has 3 nitrogen and oxygen atoms in total. The van der Waals surface area contributed by atoms with Gasteiger partial charge in [0.05, 0.1) is 13.0 Å². The molecule has 1 aromatic carbocycles. The lowest BCUT2D eigenvalue weighted by atomic mass is 10.0. The first-order valence-electron chi connectivity index (χ1n) is 6.17. The molecule has 0 radical (unpaired) electrons. The quantitative estimate of drug-likeness (QED) is 0.835. The number of rotatable bonds is 6. The number of carboxylic acid groups (broad SMARTS) is 1. The van der Waals surface area contributed by atoms with Gasteiger partial charge in [-0.15, -0.1) is 0 Å². The molecule has 0 bridgehead atoms. The van der Waals surface area contributed by atoms with Crippen molar-refractivity contribution in [3.05, 3.63) is 35.4 Å². The molecule has 0 unspecified atom stereocenters. The zero-order valence-corrected chi connectivity index (χ0v) is 11.2. The number of aliphatic carboxylic acids is 1. The molecule has 0 amide bonds. The summed E-state index contributed by atoms with van der Waals surface area (Å²) in [7, 11) is 0. The van der Waals surface area contributed by atoms with Crippen LogP contribution in [0.25, 0.3) is 5.57 Å². The summed E-state index contributed by atoms with van der Waals surface area (Å²) in [6, 6.07) is 5.90. The van der Waals surface area contributed by atoms with Crippen molar-refractivity contribution in [1.82, 2.24) is 0 Å². The molecule has 0 saturated carbocycles. The maximum atomic E-state index is 10.5. The molecule has 0 aliphatic rings. The minimum Gasteiger partial charge on any atom is -0.494 e. The van der Waals surface area contributed by atoms with Crippen molar-refractivity contribution in [2.24, 2.45) is 0 Å². The Hall–Kier alpha value is -1.77. The molecule has 0 spiro atoms. The van der Waals surface area contributed by atoms with Gasteiger partial charge in [0.2, 0.25) is 0 Å². The van der Waals surface area contributed by atoms with Crippen LogP contribution >= 0.6 is 0 Å². The number of aryl methyl sites for hydroxylation is 1. The highest BCUT2D eigenvalue weighted by atomic mass is 16.5. The highest BCUT2D eigenvalue weighted by Crippen LogP contribution is 2.23. The van der Waals surface area contributed by atoms with E-state index in [0.717, 1.165) is 28.9 Å². The van der Waals surface area contributed by atoms with Gasteiger partial charge in [-0.3, -0.25) is 4.79 Å². The fraction of sp³-hybridized carbons (Fsp3) is 0.400. The average Bonchev–Trinajstić information content (AvgIpc) is 2.33. The molecule has 0 fully saturated rings. The Kier molecular flexibility index (Phi) is 5.43. The Morgan fingerprint density at radius 1 is 1.44 bits per heavy atom. The van der Waals surface area contributed by atoms with E-state index < -0.39 is 5.97 Å². The minimum absolute atomic E-state index is 0.0549. The zero-order chi connectivity index (χ0) is 13.5. The Bertz CT molecular complexity index is 447. The van der Waals surface area contributed by atoms with Crippen LogP contribution in [-0.2, 0) is 4.79 Å². The predicted octanol–water partition coefficient (Wildman–Crippen LogP) is 3.66. The molecule has 98 valence electrons. The molecule has 1 aromatic rings. The van der Waals surface area contributed by atoms with Crippen LogP contribution in [0.15, 0.2) is 24.3 Å². The zero-order valence-electron chi connectivity index (χ0n) is 11.2. The van der Waals surface area contributed by atoms with E-state index in [1.165, 1.54) is 0 Å². The molecule has 0 atom stereocenters. The summed E-state index contributed by atoms with van der Waals surface area (Å²) in [4.78, 5) is 10.5. The van der Waals surface area contributed by atoms with Gasteiger partial charge in [0.15, 0.2) is 0 Å². The summed E-state index contributed by atoms with van der Waals surface area (Å²) in [6.45, 7) is 6.72. The number of carbonyl (C=O) groups is 1. The molecule has 1 rings (SSSR count). The highest BCUT2D eigenvalue weighted by Gasteiger charge is 2.03. The summed E-state index contributed by atoms with van der Waals surface area (Å²) >= 11 is 0. The van der Waals surface area contributed by atoms with Crippen molar-refractivity contribution >= 4 is 11.5 Å². The van der Waals surface area contributed by atoms with E-state index in [1.807, 2.05) is 32.0 Å². The van der Waals surface area contributed by atoms with E-state index in [9.17, 15) is 4.79 Å². The SMILES string of the molecule is CCCOc1ccc(/C(C)=C/CC(=O)O)c(C)c1. The molecule has 3 heteroatoms. The van der Waals surface area contributed by atoms with Gasteiger partial charge in [-0.05, 0) is 49.1 Å². The monoisotopic (exact) mass is 248 g/mol. The highest BCUT2D eigenvalue weighted by molar-refractivity contribution is 5.74. The van der Waals surface area contributed by atoms with E-state index in [0.29, 0.717) is 6.61 Å². The minimum atomic E-state index is -0.810. The molecule has 0 aromatic heterocycles. The van der Waals surface area contributed by atoms with Crippen LogP contribution in [0, 0.1) is 6.92 Å². The lowest BCUT2D eigenvalue weighted by Gasteiger charge is -2.10. The second-order valence-corrected chi connectivity index (χ2v) is 4.31. The lowest BCUT2D eigenvalue weighted by Crippen LogP contribution is -1.96. The normalized spacial score (nSPS) is 11.4. The van der Waals surface area contributed by atoms with Crippen LogP contribution in [0.4, 0.5) is 0 Å². The Morgan fingerprint density at radius 3 is 2.72 bits per heavy atom. The molecule has 0 heterocycles. The summed E-state index contributed by atoms with van der Waals surface area (Å²) in [5.41, 5.74) is 3.15. The fourth-order valence-corrected chi connectivity index (χ4v) is 1.74. The lowest BCUT2D eigenvalue weighted by molar-refractivity contribution is -0.135. The van der Waals surface area contributed by atoms with Crippen LogP contribution in [0.2, 0.25) is 0 Å². The summed E-state index contributed by atoms with van der Waals surface area (Å²) < 4.78 is 5.56. The average molecular weight is 248 g/mol. The molecule has 0 saturated heterocycles. The molecule has 0 aliphatic heterocycles. The molecule has 1 N–H and O–H groups in total. The maximum Gasteiger partial charge on any atom is 0.307 e. The van der Waals surface area contributed by atoms with Gasteiger partial charge in [0.25, 0.3) is 0 Å². The van der Waals surface area contributed by atoms with Crippen LogP contribution in [0.1, 0.15) is 37.8 Å². The van der Waals surface area contributed by atoms with Crippen LogP contribution in [-0.4, -0.2) is 17.7 Å². The van der Waals surface area contributed by atoms with Crippen molar-refractivity contribution in [1.29, 1.82) is 0 Å². The van der Waals surface area contributed by atoms with Crippen molar-refractivity contribution < 1.29 is 14.6 Å². The van der Waals surface area contributed by atoms with E-state index in [4.69, 9.17) is 9.84 Å². The van der Waals surface area contributed by atoms with Crippen molar-refractivity contribution in [3.63, 3.8) is 0 Å². The topological polar surface area (TPSA) is 46.5 Å². The first-order chi connectivity index (χ1) is 8.54. The summed E-state index contributed by atoms with van der Waals surface area (Å²) in [5, 5.41) is 8.66. The standard InChI is InChI=1S/C15H20O3/c1-4-9-18-13-6-7-14(12(3)10-13)11(2)5-8-15(16)17/h5-7,10H,4,8-9H2,1-3H3,(H,16,17)/b11-5+. The Balaban J connectivity index is 2.84. The summed E-state index contributed by atoms with van der Waals surface area (Å²) in [6.07, 6.45) is 2.77. The smallest absolute Gasteiger partial charge is 0.307 e. The van der Waals surface area contributed by atoms with E-state index in [-0.39, 0.29) is 6.42 Å². The third-order valence-electron chi connectivity index (χ3n) is 2.68. The number of hydrogen-bond acceptors (Lipinski definition) is 2. The van der Waals surface area contributed by atoms with Gasteiger partial charge in [-0.25, -0.2) is 0 Å². The molecule has 18 heavy (non-hydrogen) atoms. The number of hydrogen-bond donors (Lipinski definition) is 1. The van der Waals surface area contributed by atoms with Gasteiger partial charge in [0, 0.05) is 0 Å². The fourth-order valence-electron chi connectivity index (χ4n) is 1.74. The molecule has 0 aliphatic carbocycles. The van der Waals surface area contributed by atoms with Crippen molar-refractivity contribution in [2.45, 2.75) is 33.6 Å². The number of ether oxygens (including phenoxy) is 1. The van der Waals surface area contributed by atoms with E-state index in [2.05, 4.69) is 6.92 Å². The third kappa shape index (κ3) is 4.24. The van der Waals surface area contributed by atoms with E-state index in [1.54, 1.807) is 6.08 Å². The number of allylic oxidation sites excluding steroid dienone is 1. The van der Waals surface area contributed by atoms with Gasteiger partial charge < -0.3 is 9.84 Å². The third-order valence-corrected chi connectivity index (χ3v) is 2.68. The Labute approximate surface area is 108 Å². The largest absolute Gasteiger partial charge is 0.494 e. The Morgan fingerprint density at radius 2 is 2.17 bits per heavy atom. The van der Waals surface area contributed by atoms with Crippen LogP contribution < -0.4 is 4.74 Å². The number of carboxylic acids is 1. The first-order valence-corrected chi connectivity index (χ1v) is 6.17. The maximum absolute atomic E-state index is 10.5. The van der Waals surface area contributed by atoms with Gasteiger partial charge >= 0.3 is 5.97 Å². The van der Waals surface area contributed by atoms with Crippen LogP contribution in [0.3, 0.4) is 0 Å². The van der Waals surface area contributed by atoms with Gasteiger partial charge in [0.1, 0.15) is 5.75 Å². The van der Waals surface area contributed by atoms with E-state index >= 15 is 0 Å². The summed E-state index contributed by atoms with van der Waals surface area (Å²) in [5.74, 6) is 0.0547. The number of benzene rings is 1. The predicted molar refractivity (Wildman–Crippen MR) is 72.9 cm³/mol. The second-order valence-electron chi connectivity index (χ2n) is 4.31. The first kappa shape index (κ1) is 14.3. The molecular formula is C15H20O3. The molecular weight excluding hydrogens is 228 g/mol. The van der Waals surface area contributed by atoms with Gasteiger partial charge in [-0.1, -0.05) is 19.1 Å². The van der Waals surface area contributed by atoms with Crippen molar-refractivity contribution in [2.75, 3.05) is 6.61 Å². The van der Waals surface area contributed by atoms with Gasteiger partial charge in [-0.2, -0.15) is 0 Å².